The van der Waals surface area contributed by atoms with E-state index < -0.39 is 5.41 Å². The summed E-state index contributed by atoms with van der Waals surface area (Å²) in [7, 11) is 0. The first-order chi connectivity index (χ1) is 42.2. The van der Waals surface area contributed by atoms with Crippen LogP contribution in [-0.2, 0) is 5.41 Å². The molecule has 0 unspecified atom stereocenters. The highest BCUT2D eigenvalue weighted by Gasteiger charge is 2.51. The van der Waals surface area contributed by atoms with Gasteiger partial charge in [0.25, 0.3) is 0 Å². The van der Waals surface area contributed by atoms with Crippen LogP contribution < -0.4 is 14.7 Å². The van der Waals surface area contributed by atoms with E-state index in [1.54, 1.807) is 0 Å². The lowest BCUT2D eigenvalue weighted by atomic mass is 9.64. The first-order valence-electron chi connectivity index (χ1n) is 29.2. The van der Waals surface area contributed by atoms with E-state index in [0.717, 1.165) is 39.8 Å². The highest BCUT2D eigenvalue weighted by molar-refractivity contribution is 7.26. The summed E-state index contributed by atoms with van der Waals surface area (Å²) in [5, 5.41) is 7.40. The van der Waals surface area contributed by atoms with Crippen LogP contribution in [0.25, 0.3) is 75.1 Å². The molecule has 0 N–H and O–H groups in total. The van der Waals surface area contributed by atoms with E-state index in [0.29, 0.717) is 0 Å². The lowest BCUT2D eigenvalue weighted by Gasteiger charge is -2.45. The summed E-state index contributed by atoms with van der Waals surface area (Å²) < 4.78 is 2.47. The number of thiophene rings is 1. The van der Waals surface area contributed by atoms with Gasteiger partial charge in [0.15, 0.2) is 0 Å². The lowest BCUT2D eigenvalue weighted by molar-refractivity contribution is 0.752. The molecule has 398 valence electrons. The molecule has 0 radical (unpaired) electrons. The van der Waals surface area contributed by atoms with Crippen molar-refractivity contribution in [1.29, 1.82) is 0 Å². The van der Waals surface area contributed by atoms with Gasteiger partial charge >= 0.3 is 0 Å². The third-order valence-electron chi connectivity index (χ3n) is 17.8. The Balaban J connectivity index is 0.833. The quantitative estimate of drug-likeness (QED) is 0.143. The Hall–Kier alpha value is -10.8. The van der Waals surface area contributed by atoms with Crippen LogP contribution >= 0.6 is 11.3 Å². The van der Waals surface area contributed by atoms with Gasteiger partial charge in [-0.1, -0.05) is 218 Å². The second-order valence-corrected chi connectivity index (χ2v) is 23.4. The van der Waals surface area contributed by atoms with Crippen molar-refractivity contribution in [3.8, 4) is 33.4 Å². The molecule has 4 heteroatoms. The van der Waals surface area contributed by atoms with Crippen LogP contribution in [0.5, 0.6) is 0 Å². The number of nitrogens with zero attached hydrogens (tertiary/aromatic N) is 3. The molecular weight excluding hydrogens is 1050 g/mol. The normalized spacial score (nSPS) is 12.8. The van der Waals surface area contributed by atoms with Gasteiger partial charge in [0.2, 0.25) is 0 Å². The maximum atomic E-state index is 2.49. The van der Waals surface area contributed by atoms with Crippen LogP contribution in [0.2, 0.25) is 0 Å². The van der Waals surface area contributed by atoms with E-state index in [2.05, 4.69) is 336 Å². The van der Waals surface area contributed by atoms with Crippen molar-refractivity contribution in [1.82, 2.24) is 0 Å². The molecule has 0 bridgehead atoms. The third-order valence-corrected chi connectivity index (χ3v) is 19.0. The second-order valence-electron chi connectivity index (χ2n) is 22.3. The van der Waals surface area contributed by atoms with E-state index in [9.17, 15) is 0 Å². The lowest BCUT2D eigenvalue weighted by Crippen LogP contribution is -2.36. The zero-order chi connectivity index (χ0) is 56.0. The molecule has 1 spiro atoms. The average Bonchev–Trinajstić information content (AvgIpc) is 1.62. The van der Waals surface area contributed by atoms with Crippen molar-refractivity contribution in [3.63, 3.8) is 0 Å². The maximum absolute atomic E-state index is 2.49. The second kappa shape index (κ2) is 19.7. The number of anilines is 9. The molecule has 2 aliphatic rings. The van der Waals surface area contributed by atoms with Crippen molar-refractivity contribution in [2.75, 3.05) is 14.7 Å². The molecular formula is C81H53N3S. The minimum absolute atomic E-state index is 0.557. The first kappa shape index (κ1) is 48.9. The summed E-state index contributed by atoms with van der Waals surface area (Å²) >= 11 is 1.86. The van der Waals surface area contributed by atoms with Crippen LogP contribution in [0.15, 0.2) is 322 Å². The van der Waals surface area contributed by atoms with Crippen LogP contribution in [0.3, 0.4) is 0 Å². The Bertz CT molecular complexity index is 4900. The van der Waals surface area contributed by atoms with Gasteiger partial charge in [-0.2, -0.15) is 0 Å². The Morgan fingerprint density at radius 2 is 0.753 bits per heavy atom. The average molecular weight is 1100 g/mol. The fraction of sp³-hybridized carbons (Fsp3) is 0.0123. The summed E-state index contributed by atoms with van der Waals surface area (Å²) in [6.45, 7) is 0. The van der Waals surface area contributed by atoms with E-state index in [-0.39, 0.29) is 0 Å². The topological polar surface area (TPSA) is 9.72 Å². The van der Waals surface area contributed by atoms with Gasteiger partial charge in [-0.15, -0.1) is 11.3 Å². The van der Waals surface area contributed by atoms with Crippen molar-refractivity contribution in [3.05, 3.63) is 344 Å². The van der Waals surface area contributed by atoms with Crippen LogP contribution in [-0.4, -0.2) is 0 Å². The van der Waals surface area contributed by atoms with E-state index >= 15 is 0 Å². The number of hydrogen-bond donors (Lipinski definition) is 0. The Morgan fingerprint density at radius 3 is 1.40 bits per heavy atom. The molecule has 0 atom stereocenters. The van der Waals surface area contributed by atoms with Gasteiger partial charge in [0.1, 0.15) is 0 Å². The summed E-state index contributed by atoms with van der Waals surface area (Å²) in [6, 6.07) is 119. The van der Waals surface area contributed by atoms with Crippen molar-refractivity contribution in [2.45, 2.75) is 5.41 Å². The minimum atomic E-state index is -0.557. The molecule has 1 aliphatic heterocycles. The minimum Gasteiger partial charge on any atom is -0.310 e. The molecule has 2 heterocycles. The Labute approximate surface area is 498 Å². The van der Waals surface area contributed by atoms with Crippen LogP contribution in [0.4, 0.5) is 51.2 Å². The molecule has 1 aromatic heterocycles. The number of hydrogen-bond acceptors (Lipinski definition) is 4. The smallest absolute Gasteiger partial charge is 0.0754 e. The summed E-state index contributed by atoms with van der Waals surface area (Å²) in [4.78, 5) is 7.37. The number of benzene rings is 14. The molecule has 14 aromatic carbocycles. The van der Waals surface area contributed by atoms with Crippen molar-refractivity contribution >= 4 is 104 Å². The van der Waals surface area contributed by atoms with Crippen molar-refractivity contribution < 1.29 is 0 Å². The van der Waals surface area contributed by atoms with Gasteiger partial charge in [-0.3, -0.25) is 0 Å². The maximum Gasteiger partial charge on any atom is 0.0754 e. The summed E-state index contributed by atoms with van der Waals surface area (Å²) in [5.41, 5.74) is 22.0. The SMILES string of the molecule is c1ccc(N2c3ccccc3C3(c4ccccc4-c4cc(N(c5ccccc5)c5cccc6sc7ccc(N(c8ccc(-c9cccc%10ccccc9%10)cc8)c8ccc(-c9cccc%10ccccc9%10)cc8)cc7c56)ccc43)c3ccccc32)cc1. The Morgan fingerprint density at radius 1 is 0.282 bits per heavy atom. The third kappa shape index (κ3) is 7.66. The van der Waals surface area contributed by atoms with Gasteiger partial charge in [-0.05, 0) is 180 Å². The summed E-state index contributed by atoms with van der Waals surface area (Å²) in [5.74, 6) is 0. The highest BCUT2D eigenvalue weighted by atomic mass is 32.1. The fourth-order valence-electron chi connectivity index (χ4n) is 14.2. The zero-order valence-corrected chi connectivity index (χ0v) is 47.2. The largest absolute Gasteiger partial charge is 0.310 e. The molecule has 1 aliphatic carbocycles. The Kier molecular flexibility index (Phi) is 11.3. The fourth-order valence-corrected chi connectivity index (χ4v) is 15.3. The molecule has 85 heavy (non-hydrogen) atoms. The van der Waals surface area contributed by atoms with Gasteiger partial charge < -0.3 is 14.7 Å². The standard InChI is InChI=1S/C81H53N3S/c1-3-24-58(25-4-1)83(63-48-50-72-69(52-63)68-30-11-12-33-71(68)81(72)73-34-13-15-36-75(73)84(59-26-5-2-6-27-59)76-37-16-14-35-74(76)81)77-38-19-39-79-80(77)70-53-62(49-51-78(70)85-79)82(60-44-40-56(41-45-60)66-31-17-22-54-20-7-9-28-64(54)66)61-46-42-57(43-47-61)67-32-18-23-55-21-8-10-29-65(55)67/h1-53H. The monoisotopic (exact) mass is 1100 g/mol. The van der Waals surface area contributed by atoms with Gasteiger partial charge in [-0.25, -0.2) is 0 Å². The van der Waals surface area contributed by atoms with Crippen LogP contribution in [0, 0.1) is 0 Å². The number of rotatable bonds is 9. The van der Waals surface area contributed by atoms with E-state index in [4.69, 9.17) is 0 Å². The highest BCUT2D eigenvalue weighted by Crippen LogP contribution is 2.64. The van der Waals surface area contributed by atoms with Gasteiger partial charge in [0.05, 0.1) is 22.5 Å². The van der Waals surface area contributed by atoms with E-state index in [1.807, 2.05) is 11.3 Å². The zero-order valence-electron chi connectivity index (χ0n) is 46.3. The van der Waals surface area contributed by atoms with Crippen molar-refractivity contribution in [2.24, 2.45) is 0 Å². The van der Waals surface area contributed by atoms with Gasteiger partial charge in [0, 0.05) is 54.3 Å². The molecule has 0 amide bonds. The molecule has 17 rings (SSSR count). The van der Waals surface area contributed by atoms with Crippen LogP contribution in [0.1, 0.15) is 22.3 Å². The predicted octanol–water partition coefficient (Wildman–Crippen LogP) is 22.8. The molecule has 0 saturated heterocycles. The summed E-state index contributed by atoms with van der Waals surface area (Å²) in [6.07, 6.45) is 0. The first-order valence-corrected chi connectivity index (χ1v) is 30.0. The molecule has 0 saturated carbocycles. The van der Waals surface area contributed by atoms with E-state index in [1.165, 1.54) is 109 Å². The predicted molar refractivity (Wildman–Crippen MR) is 360 cm³/mol. The number of fused-ring (bicyclic) bond motifs is 14. The molecule has 3 nitrogen and oxygen atoms in total. The number of para-hydroxylation sites is 4. The molecule has 15 aromatic rings. The molecule has 0 fully saturated rings.